The van der Waals surface area contributed by atoms with E-state index >= 15 is 0 Å². The van der Waals surface area contributed by atoms with Gasteiger partial charge in [0, 0.05) is 0 Å². The predicted octanol–water partition coefficient (Wildman–Crippen LogP) is 2.05. The third-order valence-electron chi connectivity index (χ3n) is 1.90. The van der Waals surface area contributed by atoms with Gasteiger partial charge in [-0.3, -0.25) is 4.79 Å². The Kier molecular flexibility index (Phi) is 3.47. The highest BCUT2D eigenvalue weighted by molar-refractivity contribution is 5.83. The van der Waals surface area contributed by atoms with E-state index in [9.17, 15) is 13.6 Å². The van der Waals surface area contributed by atoms with Crippen molar-refractivity contribution in [3.8, 4) is 5.75 Å². The molecule has 0 fully saturated rings. The van der Waals surface area contributed by atoms with Gasteiger partial charge in [0.25, 0.3) is 5.91 Å². The Bertz CT molecular complexity index is 391. The first-order valence-electron chi connectivity index (χ1n) is 4.79. The van der Waals surface area contributed by atoms with Crippen LogP contribution in [0.15, 0.2) is 24.3 Å². The van der Waals surface area contributed by atoms with Crippen LogP contribution >= 0.6 is 0 Å². The summed E-state index contributed by atoms with van der Waals surface area (Å²) in [7, 11) is 0. The van der Waals surface area contributed by atoms with Crippen LogP contribution in [0.3, 0.4) is 0 Å². The molecule has 0 unspecified atom stereocenters. The SMILES string of the molecule is CC(C)Oc1ccccc1C(F)(F)C(N)=O. The summed E-state index contributed by atoms with van der Waals surface area (Å²) in [5.41, 5.74) is 4.15. The number of rotatable bonds is 4. The molecule has 0 aliphatic heterocycles. The molecule has 5 heteroatoms. The van der Waals surface area contributed by atoms with E-state index in [1.54, 1.807) is 19.9 Å². The highest BCUT2D eigenvalue weighted by Gasteiger charge is 2.41. The molecule has 3 nitrogen and oxygen atoms in total. The van der Waals surface area contributed by atoms with Gasteiger partial charge in [0.2, 0.25) is 0 Å². The molecule has 1 aromatic rings. The number of para-hydroxylation sites is 1. The smallest absolute Gasteiger partial charge is 0.353 e. The van der Waals surface area contributed by atoms with Gasteiger partial charge < -0.3 is 10.5 Å². The molecule has 0 saturated heterocycles. The summed E-state index contributed by atoms with van der Waals surface area (Å²) in [4.78, 5) is 10.7. The van der Waals surface area contributed by atoms with Crippen LogP contribution in [0.5, 0.6) is 5.75 Å². The largest absolute Gasteiger partial charge is 0.490 e. The van der Waals surface area contributed by atoms with Crippen molar-refractivity contribution in [1.82, 2.24) is 0 Å². The second-order valence-corrected chi connectivity index (χ2v) is 3.60. The molecule has 0 aliphatic carbocycles. The number of primary amides is 1. The molecule has 0 aromatic heterocycles. The van der Waals surface area contributed by atoms with Crippen molar-refractivity contribution >= 4 is 5.91 Å². The van der Waals surface area contributed by atoms with E-state index in [1.807, 2.05) is 0 Å². The Balaban J connectivity index is 3.17. The van der Waals surface area contributed by atoms with Gasteiger partial charge in [0.15, 0.2) is 0 Å². The van der Waals surface area contributed by atoms with Crippen LogP contribution in [0.25, 0.3) is 0 Å². The maximum Gasteiger partial charge on any atom is 0.353 e. The number of ether oxygens (including phenoxy) is 1. The average molecular weight is 229 g/mol. The number of alkyl halides is 2. The van der Waals surface area contributed by atoms with Crippen molar-refractivity contribution in [3.63, 3.8) is 0 Å². The minimum atomic E-state index is -3.72. The van der Waals surface area contributed by atoms with E-state index in [4.69, 9.17) is 4.74 Å². The third-order valence-corrected chi connectivity index (χ3v) is 1.90. The number of amides is 1. The Morgan fingerprint density at radius 2 is 1.94 bits per heavy atom. The minimum Gasteiger partial charge on any atom is -0.490 e. The monoisotopic (exact) mass is 229 g/mol. The summed E-state index contributed by atoms with van der Waals surface area (Å²) < 4.78 is 32.1. The summed E-state index contributed by atoms with van der Waals surface area (Å²) in [5.74, 6) is -5.43. The van der Waals surface area contributed by atoms with Gasteiger partial charge in [-0.05, 0) is 26.0 Å². The van der Waals surface area contributed by atoms with Gasteiger partial charge in [-0.25, -0.2) is 0 Å². The number of hydrogen-bond acceptors (Lipinski definition) is 2. The molecule has 16 heavy (non-hydrogen) atoms. The third kappa shape index (κ3) is 2.48. The van der Waals surface area contributed by atoms with Gasteiger partial charge in [-0.1, -0.05) is 12.1 Å². The average Bonchev–Trinajstić information content (AvgIpc) is 2.17. The zero-order valence-corrected chi connectivity index (χ0v) is 9.04. The topological polar surface area (TPSA) is 52.3 Å². The van der Waals surface area contributed by atoms with Crippen molar-refractivity contribution in [1.29, 1.82) is 0 Å². The van der Waals surface area contributed by atoms with Crippen LogP contribution in [0, 0.1) is 0 Å². The van der Waals surface area contributed by atoms with Crippen molar-refractivity contribution in [2.24, 2.45) is 5.73 Å². The zero-order valence-electron chi connectivity index (χ0n) is 9.04. The predicted molar refractivity (Wildman–Crippen MR) is 55.3 cm³/mol. The van der Waals surface area contributed by atoms with E-state index in [2.05, 4.69) is 5.73 Å². The fraction of sp³-hybridized carbons (Fsp3) is 0.364. The summed E-state index contributed by atoms with van der Waals surface area (Å²) in [6.07, 6.45) is -0.259. The minimum absolute atomic E-state index is 0.0266. The Morgan fingerprint density at radius 1 is 1.38 bits per heavy atom. The quantitative estimate of drug-likeness (QED) is 0.859. The fourth-order valence-corrected chi connectivity index (χ4v) is 1.22. The van der Waals surface area contributed by atoms with Crippen LogP contribution in [-0.4, -0.2) is 12.0 Å². The first-order chi connectivity index (χ1) is 7.35. The fourth-order valence-electron chi connectivity index (χ4n) is 1.22. The second-order valence-electron chi connectivity index (χ2n) is 3.60. The molecule has 0 saturated carbocycles. The second kappa shape index (κ2) is 4.47. The Morgan fingerprint density at radius 3 is 2.44 bits per heavy atom. The summed E-state index contributed by atoms with van der Waals surface area (Å²) >= 11 is 0. The molecule has 1 aromatic carbocycles. The Labute approximate surface area is 92.2 Å². The summed E-state index contributed by atoms with van der Waals surface area (Å²) in [5, 5.41) is 0. The van der Waals surface area contributed by atoms with Crippen LogP contribution in [-0.2, 0) is 10.7 Å². The van der Waals surface area contributed by atoms with Crippen molar-refractivity contribution < 1.29 is 18.3 Å². The van der Waals surface area contributed by atoms with Gasteiger partial charge in [-0.2, -0.15) is 8.78 Å². The van der Waals surface area contributed by atoms with Gasteiger partial charge in [0.1, 0.15) is 5.75 Å². The highest BCUT2D eigenvalue weighted by atomic mass is 19.3. The standard InChI is InChI=1S/C11H13F2NO2/c1-7(2)16-9-6-4-3-5-8(9)11(12,13)10(14)15/h3-7H,1-2H3,(H2,14,15). The molecule has 0 spiro atoms. The number of carbonyl (C=O) groups is 1. The van der Waals surface area contributed by atoms with Gasteiger partial charge >= 0.3 is 5.92 Å². The number of carbonyl (C=O) groups excluding carboxylic acids is 1. The maximum atomic E-state index is 13.4. The summed E-state index contributed by atoms with van der Waals surface area (Å²) in [6.45, 7) is 3.42. The van der Waals surface area contributed by atoms with E-state index in [-0.39, 0.29) is 11.9 Å². The van der Waals surface area contributed by atoms with Crippen LogP contribution < -0.4 is 10.5 Å². The van der Waals surface area contributed by atoms with E-state index < -0.39 is 17.4 Å². The van der Waals surface area contributed by atoms with Crippen molar-refractivity contribution in [2.75, 3.05) is 0 Å². The number of nitrogens with two attached hydrogens (primary N) is 1. The Hall–Kier alpha value is -1.65. The molecule has 2 N–H and O–H groups in total. The number of halogens is 2. The lowest BCUT2D eigenvalue weighted by Crippen LogP contribution is -2.33. The van der Waals surface area contributed by atoms with Gasteiger partial charge in [0.05, 0.1) is 11.7 Å². The summed E-state index contributed by atoms with van der Waals surface area (Å²) in [6, 6.07) is 5.46. The van der Waals surface area contributed by atoms with E-state index in [0.717, 1.165) is 6.07 Å². The first kappa shape index (κ1) is 12.4. The normalized spacial score (nSPS) is 11.6. The van der Waals surface area contributed by atoms with E-state index in [0.29, 0.717) is 0 Å². The maximum absolute atomic E-state index is 13.4. The lowest BCUT2D eigenvalue weighted by Gasteiger charge is -2.18. The van der Waals surface area contributed by atoms with Crippen LogP contribution in [0.2, 0.25) is 0 Å². The molecule has 0 aliphatic rings. The van der Waals surface area contributed by atoms with Crippen LogP contribution in [0.1, 0.15) is 19.4 Å². The van der Waals surface area contributed by atoms with Gasteiger partial charge in [-0.15, -0.1) is 0 Å². The van der Waals surface area contributed by atoms with Crippen molar-refractivity contribution in [2.45, 2.75) is 25.9 Å². The zero-order chi connectivity index (χ0) is 12.3. The molecule has 1 rings (SSSR count). The number of hydrogen-bond donors (Lipinski definition) is 1. The molecule has 0 radical (unpaired) electrons. The highest BCUT2D eigenvalue weighted by Crippen LogP contribution is 2.34. The molecule has 0 bridgehead atoms. The van der Waals surface area contributed by atoms with E-state index in [1.165, 1.54) is 12.1 Å². The molecule has 0 atom stereocenters. The lowest BCUT2D eigenvalue weighted by atomic mass is 10.1. The molecular weight excluding hydrogens is 216 g/mol. The molecule has 88 valence electrons. The first-order valence-corrected chi connectivity index (χ1v) is 4.79. The lowest BCUT2D eigenvalue weighted by molar-refractivity contribution is -0.143. The van der Waals surface area contributed by atoms with Crippen molar-refractivity contribution in [3.05, 3.63) is 29.8 Å². The molecular formula is C11H13F2NO2. The molecule has 1 amide bonds. The van der Waals surface area contributed by atoms with Crippen LogP contribution in [0.4, 0.5) is 8.78 Å². The molecule has 0 heterocycles. The number of benzene rings is 1.